The summed E-state index contributed by atoms with van der Waals surface area (Å²) in [5.41, 5.74) is -0.611. The Hall–Kier alpha value is -1.50. The fourth-order valence-electron chi connectivity index (χ4n) is 1.82. The third-order valence-corrected chi connectivity index (χ3v) is 3.29. The Labute approximate surface area is 123 Å². The number of carbonyl (C=O) groups excluding carboxylic acids is 1. The molecular formula is C14H23F2N3O2. The normalized spacial score (nSPS) is 14.5. The number of alkyl halides is 2. The minimum Gasteiger partial charge on any atom is -0.396 e. The average Bonchev–Trinajstić information content (AvgIpc) is 2.80. The van der Waals surface area contributed by atoms with E-state index in [4.69, 9.17) is 5.11 Å². The summed E-state index contributed by atoms with van der Waals surface area (Å²) in [4.78, 5) is 12.1. The van der Waals surface area contributed by atoms with Crippen molar-refractivity contribution in [1.29, 1.82) is 0 Å². The molecule has 0 radical (unpaired) electrons. The molecule has 0 saturated heterocycles. The zero-order chi connectivity index (χ0) is 16.2. The Morgan fingerprint density at radius 3 is 2.48 bits per heavy atom. The van der Waals surface area contributed by atoms with E-state index in [-0.39, 0.29) is 35.7 Å². The van der Waals surface area contributed by atoms with Gasteiger partial charge in [-0.2, -0.15) is 5.10 Å². The number of aliphatic hydroxyl groups is 1. The number of halogens is 2. The zero-order valence-corrected chi connectivity index (χ0v) is 12.8. The second-order valence-corrected chi connectivity index (χ2v) is 5.77. The van der Waals surface area contributed by atoms with Crippen LogP contribution in [0.25, 0.3) is 0 Å². The Bertz CT molecular complexity index is 475. The van der Waals surface area contributed by atoms with Gasteiger partial charge in [0.15, 0.2) is 5.69 Å². The average molecular weight is 303 g/mol. The molecule has 1 amide bonds. The summed E-state index contributed by atoms with van der Waals surface area (Å²) in [5, 5.41) is 15.6. The quantitative estimate of drug-likeness (QED) is 0.811. The number of rotatable bonds is 7. The largest absolute Gasteiger partial charge is 0.396 e. The van der Waals surface area contributed by atoms with Gasteiger partial charge in [0.2, 0.25) is 0 Å². The predicted octanol–water partition coefficient (Wildman–Crippen LogP) is 2.22. The summed E-state index contributed by atoms with van der Waals surface area (Å²) >= 11 is 0. The lowest BCUT2D eigenvalue weighted by molar-refractivity contribution is 0.0897. The van der Waals surface area contributed by atoms with Crippen molar-refractivity contribution in [1.82, 2.24) is 15.1 Å². The molecule has 0 aromatic carbocycles. The molecular weight excluding hydrogens is 280 g/mol. The highest BCUT2D eigenvalue weighted by atomic mass is 19.3. The number of nitrogens with zero attached hydrogens (tertiary/aromatic N) is 2. The monoisotopic (exact) mass is 303 g/mol. The van der Waals surface area contributed by atoms with Gasteiger partial charge in [0.05, 0.1) is 5.56 Å². The first-order valence-electron chi connectivity index (χ1n) is 7.03. The Kier molecular flexibility index (Phi) is 6.26. The van der Waals surface area contributed by atoms with Crippen molar-refractivity contribution in [3.63, 3.8) is 0 Å². The number of hydrogen-bond donors (Lipinski definition) is 2. The van der Waals surface area contributed by atoms with Crippen molar-refractivity contribution >= 4 is 5.91 Å². The summed E-state index contributed by atoms with van der Waals surface area (Å²) in [6.07, 6.45) is -1.53. The molecule has 120 valence electrons. The zero-order valence-electron chi connectivity index (χ0n) is 12.8. The van der Waals surface area contributed by atoms with Gasteiger partial charge < -0.3 is 10.4 Å². The third kappa shape index (κ3) is 4.77. The highest BCUT2D eigenvalue weighted by molar-refractivity contribution is 5.93. The highest BCUT2D eigenvalue weighted by Gasteiger charge is 2.25. The SMILES string of the molecule is CC(C)Cn1cc(C(F)F)c(C(=O)NC(C)C(C)CO)n1. The van der Waals surface area contributed by atoms with Crippen molar-refractivity contribution in [2.45, 2.75) is 46.7 Å². The number of hydrogen-bond acceptors (Lipinski definition) is 3. The van der Waals surface area contributed by atoms with E-state index in [9.17, 15) is 13.6 Å². The Morgan fingerprint density at radius 2 is 2.00 bits per heavy atom. The molecule has 0 aliphatic rings. The Balaban J connectivity index is 2.94. The van der Waals surface area contributed by atoms with Crippen LogP contribution >= 0.6 is 0 Å². The molecule has 0 bridgehead atoms. The predicted molar refractivity (Wildman–Crippen MR) is 75.2 cm³/mol. The number of carbonyl (C=O) groups is 1. The van der Waals surface area contributed by atoms with Crippen LogP contribution in [0.4, 0.5) is 8.78 Å². The summed E-state index contributed by atoms with van der Waals surface area (Å²) in [6, 6.07) is -0.330. The number of nitrogens with one attached hydrogen (secondary N) is 1. The smallest absolute Gasteiger partial charge is 0.272 e. The molecule has 1 rings (SSSR count). The van der Waals surface area contributed by atoms with Gasteiger partial charge >= 0.3 is 0 Å². The van der Waals surface area contributed by atoms with E-state index in [1.165, 1.54) is 10.9 Å². The van der Waals surface area contributed by atoms with Gasteiger partial charge in [-0.3, -0.25) is 9.48 Å². The summed E-state index contributed by atoms with van der Waals surface area (Å²) in [7, 11) is 0. The highest BCUT2D eigenvalue weighted by Crippen LogP contribution is 2.22. The van der Waals surface area contributed by atoms with Gasteiger partial charge in [-0.05, 0) is 18.8 Å². The second-order valence-electron chi connectivity index (χ2n) is 5.77. The standard InChI is InChI=1S/C14H23F2N3O2/c1-8(2)5-19-6-11(13(15)16)12(18-19)14(21)17-10(4)9(3)7-20/h6,8-10,13,20H,5,7H2,1-4H3,(H,17,21). The molecule has 5 nitrogen and oxygen atoms in total. The van der Waals surface area contributed by atoms with Crippen LogP contribution in [-0.4, -0.2) is 33.4 Å². The molecule has 2 N–H and O–H groups in total. The van der Waals surface area contributed by atoms with Crippen LogP contribution in [0.5, 0.6) is 0 Å². The van der Waals surface area contributed by atoms with Crippen molar-refractivity contribution < 1.29 is 18.7 Å². The Morgan fingerprint density at radius 1 is 1.38 bits per heavy atom. The number of aromatic nitrogens is 2. The minimum absolute atomic E-state index is 0.0923. The summed E-state index contributed by atoms with van der Waals surface area (Å²) in [5.74, 6) is -0.568. The fourth-order valence-corrected chi connectivity index (χ4v) is 1.82. The summed E-state index contributed by atoms with van der Waals surface area (Å²) < 4.78 is 27.4. The maximum absolute atomic E-state index is 13.0. The maximum Gasteiger partial charge on any atom is 0.272 e. The van der Waals surface area contributed by atoms with E-state index in [1.807, 2.05) is 13.8 Å². The first kappa shape index (κ1) is 17.6. The lowest BCUT2D eigenvalue weighted by Gasteiger charge is -2.18. The molecule has 2 atom stereocenters. The van der Waals surface area contributed by atoms with Crippen molar-refractivity contribution in [2.24, 2.45) is 11.8 Å². The molecule has 0 spiro atoms. The first-order valence-corrected chi connectivity index (χ1v) is 7.03. The molecule has 1 aromatic heterocycles. The van der Waals surface area contributed by atoms with Crippen LogP contribution in [0.15, 0.2) is 6.20 Å². The van der Waals surface area contributed by atoms with Gasteiger partial charge in [-0.1, -0.05) is 20.8 Å². The third-order valence-electron chi connectivity index (χ3n) is 3.29. The molecule has 0 fully saturated rings. The van der Waals surface area contributed by atoms with Crippen LogP contribution in [-0.2, 0) is 6.54 Å². The van der Waals surface area contributed by atoms with Gasteiger partial charge in [-0.25, -0.2) is 8.78 Å². The number of amides is 1. The van der Waals surface area contributed by atoms with Crippen molar-refractivity contribution in [3.05, 3.63) is 17.5 Å². The molecule has 0 aliphatic heterocycles. The first-order chi connectivity index (χ1) is 9.76. The molecule has 21 heavy (non-hydrogen) atoms. The van der Waals surface area contributed by atoms with Crippen LogP contribution in [0.1, 0.15) is 50.2 Å². The lowest BCUT2D eigenvalue weighted by Crippen LogP contribution is -2.39. The van der Waals surface area contributed by atoms with E-state index in [2.05, 4.69) is 10.4 Å². The molecule has 7 heteroatoms. The van der Waals surface area contributed by atoms with Crippen LogP contribution in [0.3, 0.4) is 0 Å². The maximum atomic E-state index is 13.0. The van der Waals surface area contributed by atoms with Crippen LogP contribution in [0.2, 0.25) is 0 Å². The number of aliphatic hydroxyl groups excluding tert-OH is 1. The molecule has 1 aromatic rings. The van der Waals surface area contributed by atoms with Crippen LogP contribution < -0.4 is 5.32 Å². The van der Waals surface area contributed by atoms with Crippen molar-refractivity contribution in [2.75, 3.05) is 6.61 Å². The molecule has 2 unspecified atom stereocenters. The lowest BCUT2D eigenvalue weighted by atomic mass is 10.0. The second kappa shape index (κ2) is 7.49. The molecule has 0 aliphatic carbocycles. The topological polar surface area (TPSA) is 67.2 Å². The van der Waals surface area contributed by atoms with E-state index < -0.39 is 12.3 Å². The van der Waals surface area contributed by atoms with Gasteiger partial charge in [-0.15, -0.1) is 0 Å². The minimum atomic E-state index is -2.75. The fraction of sp³-hybridized carbons (Fsp3) is 0.714. The van der Waals surface area contributed by atoms with Gasteiger partial charge in [0, 0.05) is 25.4 Å². The van der Waals surface area contributed by atoms with E-state index in [0.717, 1.165) is 0 Å². The summed E-state index contributed by atoms with van der Waals surface area (Å²) in [6.45, 7) is 7.73. The van der Waals surface area contributed by atoms with Crippen molar-refractivity contribution in [3.8, 4) is 0 Å². The molecule has 0 saturated carbocycles. The van der Waals surface area contributed by atoms with Gasteiger partial charge in [0.25, 0.3) is 12.3 Å². The van der Waals surface area contributed by atoms with E-state index in [1.54, 1.807) is 13.8 Å². The van der Waals surface area contributed by atoms with E-state index in [0.29, 0.717) is 6.54 Å². The van der Waals surface area contributed by atoms with Crippen LogP contribution in [0, 0.1) is 11.8 Å². The van der Waals surface area contributed by atoms with Gasteiger partial charge in [0.1, 0.15) is 0 Å². The van der Waals surface area contributed by atoms with E-state index >= 15 is 0 Å². The molecule has 1 heterocycles.